The van der Waals surface area contributed by atoms with Gasteiger partial charge in [-0.2, -0.15) is 0 Å². The molecular weight excluding hydrogens is 416 g/mol. The van der Waals surface area contributed by atoms with E-state index in [4.69, 9.17) is 4.74 Å². The molecule has 4 rings (SSSR count). The first-order valence-electron chi connectivity index (χ1n) is 10.9. The van der Waals surface area contributed by atoms with Crippen LogP contribution >= 0.6 is 0 Å². The molecule has 7 nitrogen and oxygen atoms in total. The normalized spacial score (nSPS) is 11.6. The summed E-state index contributed by atoms with van der Waals surface area (Å²) < 4.78 is 5.34. The molecule has 2 heterocycles. The fraction of sp³-hybridized carbons (Fsp3) is 0.192. The summed E-state index contributed by atoms with van der Waals surface area (Å²) in [6.45, 7) is 0.550. The Balaban J connectivity index is 1.41. The van der Waals surface area contributed by atoms with E-state index >= 15 is 0 Å². The first kappa shape index (κ1) is 22.1. The predicted molar refractivity (Wildman–Crippen MR) is 127 cm³/mol. The summed E-state index contributed by atoms with van der Waals surface area (Å²) in [5.74, 6) is -0.270. The number of ether oxygens (including phenoxy) is 1. The molecule has 0 bridgehead atoms. The van der Waals surface area contributed by atoms with Gasteiger partial charge in [0.05, 0.1) is 0 Å². The molecule has 0 aliphatic heterocycles. The highest BCUT2D eigenvalue weighted by Gasteiger charge is 2.23. The van der Waals surface area contributed by atoms with E-state index in [0.29, 0.717) is 19.4 Å². The average molecular weight is 443 g/mol. The Hall–Kier alpha value is -4.13. The van der Waals surface area contributed by atoms with Crippen LogP contribution in [0.1, 0.15) is 16.8 Å². The predicted octanol–water partition coefficient (Wildman–Crippen LogP) is 3.76. The number of carbonyl (C=O) groups is 2. The van der Waals surface area contributed by atoms with Gasteiger partial charge in [0.25, 0.3) is 0 Å². The van der Waals surface area contributed by atoms with Gasteiger partial charge in [0.2, 0.25) is 5.91 Å². The summed E-state index contributed by atoms with van der Waals surface area (Å²) in [6.07, 6.45) is 3.89. The summed E-state index contributed by atoms with van der Waals surface area (Å²) in [6, 6.07) is 22.2. The number of carbonyl (C=O) groups excluding carboxylic acids is 2. The Kier molecular flexibility index (Phi) is 7.33. The minimum absolute atomic E-state index is 0.133. The van der Waals surface area contributed by atoms with Crippen molar-refractivity contribution < 1.29 is 14.3 Å². The van der Waals surface area contributed by atoms with Crippen molar-refractivity contribution in [3.63, 3.8) is 0 Å². The Morgan fingerprint density at radius 1 is 0.970 bits per heavy atom. The molecule has 1 atom stereocenters. The van der Waals surface area contributed by atoms with E-state index in [1.165, 1.54) is 0 Å². The van der Waals surface area contributed by atoms with Gasteiger partial charge in [-0.25, -0.2) is 4.79 Å². The van der Waals surface area contributed by atoms with Gasteiger partial charge in [0.15, 0.2) is 0 Å². The van der Waals surface area contributed by atoms with Gasteiger partial charge in [-0.15, -0.1) is 0 Å². The molecule has 0 fully saturated rings. The Morgan fingerprint density at radius 2 is 1.76 bits per heavy atom. The summed E-state index contributed by atoms with van der Waals surface area (Å²) in [5, 5.41) is 6.66. The van der Waals surface area contributed by atoms with Crippen LogP contribution in [0.5, 0.6) is 0 Å². The van der Waals surface area contributed by atoms with Crippen LogP contribution in [-0.4, -0.2) is 34.6 Å². The van der Waals surface area contributed by atoms with Crippen LogP contribution in [0.25, 0.3) is 10.9 Å². The molecule has 0 saturated heterocycles. The quantitative estimate of drug-likeness (QED) is 0.368. The van der Waals surface area contributed by atoms with Crippen LogP contribution in [0, 0.1) is 0 Å². The molecular formula is C26H26N4O3. The third-order valence-corrected chi connectivity index (χ3v) is 5.33. The zero-order valence-corrected chi connectivity index (χ0v) is 18.2. The first-order valence-corrected chi connectivity index (χ1v) is 10.9. The van der Waals surface area contributed by atoms with Crippen molar-refractivity contribution in [1.29, 1.82) is 0 Å². The van der Waals surface area contributed by atoms with Gasteiger partial charge in [0, 0.05) is 48.4 Å². The largest absolute Gasteiger partial charge is 0.445 e. The summed E-state index contributed by atoms with van der Waals surface area (Å²) in [4.78, 5) is 33.0. The molecule has 2 amide bonds. The van der Waals surface area contributed by atoms with Crippen molar-refractivity contribution in [2.24, 2.45) is 0 Å². The number of para-hydroxylation sites is 1. The second-order valence-electron chi connectivity index (χ2n) is 7.68. The van der Waals surface area contributed by atoms with E-state index in [1.54, 1.807) is 6.20 Å². The molecule has 4 aromatic rings. The van der Waals surface area contributed by atoms with Crippen LogP contribution in [0.15, 0.2) is 85.2 Å². The lowest BCUT2D eigenvalue weighted by Crippen LogP contribution is -2.48. The number of hydrogen-bond acceptors (Lipinski definition) is 4. The molecule has 0 spiro atoms. The number of benzene rings is 2. The highest BCUT2D eigenvalue weighted by molar-refractivity contribution is 5.88. The van der Waals surface area contributed by atoms with Crippen molar-refractivity contribution in [2.45, 2.75) is 25.5 Å². The monoisotopic (exact) mass is 442 g/mol. The maximum absolute atomic E-state index is 13.0. The van der Waals surface area contributed by atoms with Crippen molar-refractivity contribution in [1.82, 2.24) is 20.6 Å². The van der Waals surface area contributed by atoms with Gasteiger partial charge in [0.1, 0.15) is 12.6 Å². The number of aromatic amines is 1. The van der Waals surface area contributed by atoms with Gasteiger partial charge in [-0.05, 0) is 29.3 Å². The van der Waals surface area contributed by atoms with Crippen LogP contribution in [-0.2, 0) is 29.0 Å². The lowest BCUT2D eigenvalue weighted by atomic mass is 10.0. The van der Waals surface area contributed by atoms with E-state index < -0.39 is 12.1 Å². The van der Waals surface area contributed by atoms with Gasteiger partial charge in [-0.3, -0.25) is 9.78 Å². The summed E-state index contributed by atoms with van der Waals surface area (Å²) in [5.41, 5.74) is 3.69. The third-order valence-electron chi connectivity index (χ3n) is 5.33. The first-order chi connectivity index (χ1) is 16.2. The van der Waals surface area contributed by atoms with Crippen LogP contribution in [0.3, 0.4) is 0 Å². The van der Waals surface area contributed by atoms with Crippen molar-refractivity contribution >= 4 is 22.9 Å². The summed E-state index contributed by atoms with van der Waals surface area (Å²) >= 11 is 0. The maximum Gasteiger partial charge on any atom is 0.408 e. The Morgan fingerprint density at radius 3 is 2.58 bits per heavy atom. The number of nitrogens with zero attached hydrogens (tertiary/aromatic N) is 1. The molecule has 0 unspecified atom stereocenters. The van der Waals surface area contributed by atoms with Crippen LogP contribution < -0.4 is 10.6 Å². The van der Waals surface area contributed by atoms with Crippen molar-refractivity contribution in [2.75, 3.05) is 6.54 Å². The SMILES string of the molecule is O=C(N[C@@H](Cc1c[nH]c2ccccc12)C(=O)NCCc1ccccn1)OCc1ccccc1. The minimum atomic E-state index is -0.781. The second-order valence-corrected chi connectivity index (χ2v) is 7.68. The Bertz CT molecular complexity index is 1190. The Labute approximate surface area is 192 Å². The van der Waals surface area contributed by atoms with Gasteiger partial charge >= 0.3 is 6.09 Å². The number of amides is 2. The highest BCUT2D eigenvalue weighted by Crippen LogP contribution is 2.19. The van der Waals surface area contributed by atoms with E-state index in [0.717, 1.165) is 27.7 Å². The molecule has 2 aromatic carbocycles. The van der Waals surface area contributed by atoms with Crippen LogP contribution in [0.4, 0.5) is 4.79 Å². The van der Waals surface area contributed by atoms with E-state index in [9.17, 15) is 9.59 Å². The molecule has 2 aromatic heterocycles. The molecule has 3 N–H and O–H groups in total. The van der Waals surface area contributed by atoms with E-state index in [2.05, 4.69) is 20.6 Å². The fourth-order valence-electron chi connectivity index (χ4n) is 3.62. The zero-order chi connectivity index (χ0) is 22.9. The van der Waals surface area contributed by atoms with Crippen molar-refractivity contribution in [3.05, 3.63) is 102 Å². The highest BCUT2D eigenvalue weighted by atomic mass is 16.5. The fourth-order valence-corrected chi connectivity index (χ4v) is 3.62. The number of aromatic nitrogens is 2. The molecule has 0 saturated carbocycles. The van der Waals surface area contributed by atoms with E-state index in [1.807, 2.05) is 79.0 Å². The van der Waals surface area contributed by atoms with Gasteiger partial charge < -0.3 is 20.4 Å². The van der Waals surface area contributed by atoms with Gasteiger partial charge in [-0.1, -0.05) is 54.6 Å². The van der Waals surface area contributed by atoms with E-state index in [-0.39, 0.29) is 12.5 Å². The number of fused-ring (bicyclic) bond motifs is 1. The maximum atomic E-state index is 13.0. The third kappa shape index (κ3) is 6.20. The smallest absolute Gasteiger partial charge is 0.408 e. The second kappa shape index (κ2) is 10.9. The van der Waals surface area contributed by atoms with Crippen molar-refractivity contribution in [3.8, 4) is 0 Å². The minimum Gasteiger partial charge on any atom is -0.445 e. The van der Waals surface area contributed by atoms with Crippen LogP contribution in [0.2, 0.25) is 0 Å². The number of alkyl carbamates (subject to hydrolysis) is 1. The molecule has 0 radical (unpaired) electrons. The number of nitrogens with one attached hydrogen (secondary N) is 3. The lowest BCUT2D eigenvalue weighted by molar-refractivity contribution is -0.123. The lowest BCUT2D eigenvalue weighted by Gasteiger charge is -2.18. The molecule has 7 heteroatoms. The molecule has 0 aliphatic rings. The zero-order valence-electron chi connectivity index (χ0n) is 18.2. The number of hydrogen-bond donors (Lipinski definition) is 3. The average Bonchev–Trinajstić information content (AvgIpc) is 3.26. The number of H-pyrrole nitrogens is 1. The molecule has 168 valence electrons. The number of pyridine rings is 1. The number of rotatable bonds is 9. The molecule has 0 aliphatic carbocycles. The standard InChI is InChI=1S/C26H26N4O3/c31-25(28-15-13-21-10-6-7-14-27-21)24(16-20-17-29-23-12-5-4-11-22(20)23)30-26(32)33-18-19-8-2-1-3-9-19/h1-12,14,17,24,29H,13,15-16,18H2,(H,28,31)(H,30,32)/t24-/m0/s1. The summed E-state index contributed by atoms with van der Waals surface area (Å²) in [7, 11) is 0. The topological polar surface area (TPSA) is 96.1 Å². The molecule has 33 heavy (non-hydrogen) atoms.